The minimum atomic E-state index is -0.157. The number of hydrogen-bond acceptors (Lipinski definition) is 0. The summed E-state index contributed by atoms with van der Waals surface area (Å²) < 4.78 is 11.3. The molecule has 0 saturated carbocycles. The smallest absolute Gasteiger partial charge is 0.0968 e. The topological polar surface area (TPSA) is 0 Å². The highest BCUT2D eigenvalue weighted by atomic mass is 31.0. The molecule has 0 rings (SSSR count). The number of hydrogen-bond donors (Lipinski definition) is 0. The molecule has 0 heterocycles. The Balaban J connectivity index is 3.14. The van der Waals surface area contributed by atoms with E-state index >= 15 is 0 Å². The highest BCUT2D eigenvalue weighted by Crippen LogP contribution is 1.95. The summed E-state index contributed by atoms with van der Waals surface area (Å²) in [5.41, 5.74) is 0. The average molecular weight is 92.1 g/mol. The molecule has 0 aliphatic heterocycles. The van der Waals surface area contributed by atoms with Gasteiger partial charge in [-0.2, -0.15) is 0 Å². The van der Waals surface area contributed by atoms with Crippen LogP contribution < -0.4 is 0 Å². The maximum atomic E-state index is 11.3. The molecule has 0 aromatic heterocycles. The Labute approximate surface area is 33.3 Å². The number of rotatable bonds is 0. The molecule has 0 aromatic rings. The fourth-order valence-corrected chi connectivity index (χ4v) is 0. The molecule has 0 bridgehead atoms. The lowest BCUT2D eigenvalue weighted by Crippen LogP contribution is -1.44. The van der Waals surface area contributed by atoms with Crippen LogP contribution in [0.25, 0.3) is 0 Å². The van der Waals surface area contributed by atoms with Gasteiger partial charge in [-0.1, -0.05) is 0 Å². The molecule has 0 amide bonds. The van der Waals surface area contributed by atoms with E-state index in [4.69, 9.17) is 0 Å². The molecule has 0 aromatic carbocycles. The molecule has 0 N–H and O–H groups in total. The van der Waals surface area contributed by atoms with Crippen LogP contribution in [0.15, 0.2) is 11.6 Å². The first kappa shape index (κ1) is 5.10. The van der Waals surface area contributed by atoms with Gasteiger partial charge in [0, 0.05) is 0 Å². The zero-order valence-electron chi connectivity index (χ0n) is 3.03. The van der Waals surface area contributed by atoms with Crippen LogP contribution in [-0.2, 0) is 0 Å². The fourth-order valence-electron chi connectivity index (χ4n) is 0. The third-order valence-electron chi connectivity index (χ3n) is 0.230. The van der Waals surface area contributed by atoms with Crippen LogP contribution in [0.5, 0.6) is 0 Å². The van der Waals surface area contributed by atoms with Crippen LogP contribution in [0.4, 0.5) is 4.39 Å². The van der Waals surface area contributed by atoms with Gasteiger partial charge in [0.2, 0.25) is 0 Å². The molecule has 0 spiro atoms. The van der Waals surface area contributed by atoms with Crippen molar-refractivity contribution >= 4 is 9.24 Å². The van der Waals surface area contributed by atoms with Crippen molar-refractivity contribution in [3.8, 4) is 0 Å². The van der Waals surface area contributed by atoms with Crippen LogP contribution >= 0.6 is 9.24 Å². The zero-order valence-corrected chi connectivity index (χ0v) is 4.19. The maximum Gasteiger partial charge on any atom is 0.0968 e. The van der Waals surface area contributed by atoms with Crippen molar-refractivity contribution in [3.05, 3.63) is 11.6 Å². The van der Waals surface area contributed by atoms with E-state index in [1.807, 2.05) is 0 Å². The van der Waals surface area contributed by atoms with E-state index in [1.54, 1.807) is 0 Å². The summed E-state index contributed by atoms with van der Waals surface area (Å²) in [6.07, 6.45) is 0. The molecule has 0 aliphatic carbocycles. The van der Waals surface area contributed by atoms with Crippen molar-refractivity contribution in [2.75, 3.05) is 0 Å². The van der Waals surface area contributed by atoms with Crippen molar-refractivity contribution in [3.63, 3.8) is 0 Å². The molecule has 0 fully saturated rings. The third kappa shape index (κ3) is 4.10. The van der Waals surface area contributed by atoms with Crippen molar-refractivity contribution in [1.29, 1.82) is 0 Å². The molecule has 0 saturated heterocycles. The minimum absolute atomic E-state index is 0.157. The van der Waals surface area contributed by atoms with Crippen molar-refractivity contribution < 1.29 is 4.39 Å². The summed E-state index contributed by atoms with van der Waals surface area (Å²) in [5, 5.41) is 0. The predicted octanol–water partition coefficient (Wildman–Crippen LogP) is 1.69. The minimum Gasteiger partial charge on any atom is -0.212 e. The van der Waals surface area contributed by atoms with E-state index in [9.17, 15) is 4.39 Å². The first-order chi connectivity index (χ1) is 2.27. The van der Waals surface area contributed by atoms with Crippen molar-refractivity contribution in [1.82, 2.24) is 0 Å². The molecule has 0 aliphatic rings. The summed E-state index contributed by atoms with van der Waals surface area (Å²) in [6, 6.07) is 0. The maximum absolute atomic E-state index is 11.3. The largest absolute Gasteiger partial charge is 0.212 e. The lowest BCUT2D eigenvalue weighted by molar-refractivity contribution is 0.643. The molecule has 0 nitrogen and oxygen atoms in total. The van der Waals surface area contributed by atoms with Crippen molar-refractivity contribution in [2.45, 2.75) is 6.92 Å². The van der Waals surface area contributed by atoms with Gasteiger partial charge in [0.05, 0.1) is 5.83 Å². The first-order valence-corrected chi connectivity index (χ1v) is 1.98. The molecule has 5 heavy (non-hydrogen) atoms. The van der Waals surface area contributed by atoms with Crippen LogP contribution in [0.1, 0.15) is 6.92 Å². The van der Waals surface area contributed by atoms with E-state index in [2.05, 4.69) is 9.24 Å². The molecule has 1 atom stereocenters. The molecular weight excluding hydrogens is 86.0 g/mol. The highest BCUT2D eigenvalue weighted by molar-refractivity contribution is 7.20. The van der Waals surface area contributed by atoms with Gasteiger partial charge in [0.15, 0.2) is 0 Å². The molecule has 0 radical (unpaired) electrons. The van der Waals surface area contributed by atoms with Gasteiger partial charge in [0.1, 0.15) is 0 Å². The van der Waals surface area contributed by atoms with Gasteiger partial charge < -0.3 is 0 Å². The summed E-state index contributed by atoms with van der Waals surface area (Å²) in [5.74, 6) is 1.18. The van der Waals surface area contributed by atoms with Gasteiger partial charge in [-0.25, -0.2) is 4.39 Å². The Kier molecular flexibility index (Phi) is 2.39. The summed E-state index contributed by atoms with van der Waals surface area (Å²) in [4.78, 5) is 0. The second kappa shape index (κ2) is 2.34. The SMILES string of the molecule is C/C(F)=C/P. The molecule has 1 unspecified atom stereocenters. The lowest BCUT2D eigenvalue weighted by atomic mass is 10.7. The zero-order chi connectivity index (χ0) is 4.28. The number of halogens is 1. The fraction of sp³-hybridized carbons (Fsp3) is 0.333. The van der Waals surface area contributed by atoms with Crippen molar-refractivity contribution in [2.24, 2.45) is 0 Å². The van der Waals surface area contributed by atoms with Gasteiger partial charge in [-0.3, -0.25) is 0 Å². The van der Waals surface area contributed by atoms with E-state index in [0.29, 0.717) is 0 Å². The monoisotopic (exact) mass is 92.0 g/mol. The Morgan fingerprint density at radius 1 is 2.00 bits per heavy atom. The molecule has 2 heteroatoms. The summed E-state index contributed by atoms with van der Waals surface area (Å²) >= 11 is 0. The third-order valence-corrected chi connectivity index (χ3v) is 0.689. The van der Waals surface area contributed by atoms with Crippen LogP contribution in [0.2, 0.25) is 0 Å². The van der Waals surface area contributed by atoms with E-state index in [1.165, 1.54) is 12.7 Å². The van der Waals surface area contributed by atoms with Crippen LogP contribution in [0, 0.1) is 0 Å². The predicted molar refractivity (Wildman–Crippen MR) is 24.6 cm³/mol. The van der Waals surface area contributed by atoms with Gasteiger partial charge in [-0.05, 0) is 12.7 Å². The van der Waals surface area contributed by atoms with E-state index in [0.717, 1.165) is 0 Å². The quantitative estimate of drug-likeness (QED) is 0.399. The Bertz CT molecular complexity index is 44.9. The summed E-state index contributed by atoms with van der Waals surface area (Å²) in [6.45, 7) is 1.40. The molecule has 30 valence electrons. The van der Waals surface area contributed by atoms with E-state index in [-0.39, 0.29) is 5.83 Å². The first-order valence-electron chi connectivity index (χ1n) is 1.31. The van der Waals surface area contributed by atoms with Crippen LogP contribution in [0.3, 0.4) is 0 Å². The second-order valence-electron chi connectivity index (χ2n) is 0.753. The van der Waals surface area contributed by atoms with Gasteiger partial charge in [-0.15, -0.1) is 9.24 Å². The lowest BCUT2D eigenvalue weighted by Gasteiger charge is -1.68. The highest BCUT2D eigenvalue weighted by Gasteiger charge is 1.67. The van der Waals surface area contributed by atoms with Gasteiger partial charge in [0.25, 0.3) is 0 Å². The Hall–Kier alpha value is 0.100. The standard InChI is InChI=1S/C3H6FP/c1-3(4)2-5/h2H,5H2,1H3/b3-2-. The van der Waals surface area contributed by atoms with E-state index < -0.39 is 0 Å². The average Bonchev–Trinajstić information content (AvgIpc) is 1.38. The summed E-state index contributed by atoms with van der Waals surface area (Å²) in [7, 11) is 2.16. The Morgan fingerprint density at radius 3 is 2.20 bits per heavy atom. The second-order valence-corrected chi connectivity index (χ2v) is 1.09. The Morgan fingerprint density at radius 2 is 2.20 bits per heavy atom. The van der Waals surface area contributed by atoms with Crippen LogP contribution in [-0.4, -0.2) is 0 Å². The molecular formula is C3H6FP. The number of allylic oxidation sites excluding steroid dienone is 1. The van der Waals surface area contributed by atoms with Gasteiger partial charge >= 0.3 is 0 Å². The normalized spacial score (nSPS) is 12.2.